The molecule has 4 rings (SSSR count). The molecule has 5 heteroatoms. The van der Waals surface area contributed by atoms with Gasteiger partial charge >= 0.3 is 7.12 Å². The lowest BCUT2D eigenvalue weighted by Gasteiger charge is -2.32. The van der Waals surface area contributed by atoms with Crippen molar-refractivity contribution in [2.75, 3.05) is 13.2 Å². The van der Waals surface area contributed by atoms with Crippen molar-refractivity contribution in [2.24, 2.45) is 0 Å². The van der Waals surface area contributed by atoms with Crippen molar-refractivity contribution < 1.29 is 18.8 Å². The van der Waals surface area contributed by atoms with Crippen LogP contribution in [0.1, 0.15) is 52.5 Å². The van der Waals surface area contributed by atoms with Gasteiger partial charge in [0.25, 0.3) is 0 Å². The van der Waals surface area contributed by atoms with Gasteiger partial charge in [-0.15, -0.1) is 0 Å². The number of ether oxygens (including phenoxy) is 2. The summed E-state index contributed by atoms with van der Waals surface area (Å²) in [5.41, 5.74) is 1.66. The molecule has 2 aliphatic heterocycles. The molecule has 2 aliphatic rings. The van der Waals surface area contributed by atoms with Crippen LogP contribution in [0.4, 0.5) is 0 Å². The number of benzene rings is 2. The summed E-state index contributed by atoms with van der Waals surface area (Å²) in [5, 5.41) is 2.43. The molecule has 2 fully saturated rings. The quantitative estimate of drug-likeness (QED) is 0.726. The summed E-state index contributed by atoms with van der Waals surface area (Å²) in [7, 11) is -0.363. The van der Waals surface area contributed by atoms with Gasteiger partial charge < -0.3 is 18.8 Å². The smallest absolute Gasteiger partial charge is 0.399 e. The van der Waals surface area contributed by atoms with Crippen LogP contribution in [0, 0.1) is 0 Å². The molecule has 0 saturated carbocycles. The summed E-state index contributed by atoms with van der Waals surface area (Å²) in [6, 6.07) is 12.8. The van der Waals surface area contributed by atoms with Crippen molar-refractivity contribution in [3.05, 3.63) is 42.0 Å². The van der Waals surface area contributed by atoms with E-state index in [1.54, 1.807) is 0 Å². The Bertz CT molecular complexity index is 805. The van der Waals surface area contributed by atoms with Crippen LogP contribution in [0.15, 0.2) is 36.4 Å². The topological polar surface area (TPSA) is 36.9 Å². The average Bonchev–Trinajstić information content (AvgIpc) is 2.89. The minimum absolute atomic E-state index is 0.0497. The summed E-state index contributed by atoms with van der Waals surface area (Å²) in [5.74, 6) is 0. The first-order chi connectivity index (χ1) is 13.4. The highest BCUT2D eigenvalue weighted by Crippen LogP contribution is 2.37. The van der Waals surface area contributed by atoms with E-state index in [1.807, 2.05) is 0 Å². The standard InChI is InChI=1S/C23H31BO4/c1-22(2)23(3,4)28-24(27-22)19-12-8-11-17-9-7-10-18(21(17)19)14-16-26-20-13-5-6-15-25-20/h7-12,20H,5-6,13-16H2,1-4H3. The second kappa shape index (κ2) is 7.79. The molecule has 2 saturated heterocycles. The van der Waals surface area contributed by atoms with Crippen LogP contribution < -0.4 is 5.46 Å². The highest BCUT2D eigenvalue weighted by Gasteiger charge is 2.52. The van der Waals surface area contributed by atoms with E-state index in [4.69, 9.17) is 18.8 Å². The van der Waals surface area contributed by atoms with Crippen LogP contribution in [-0.4, -0.2) is 37.8 Å². The van der Waals surface area contributed by atoms with Crippen LogP contribution in [-0.2, 0) is 25.2 Å². The molecule has 0 radical (unpaired) electrons. The zero-order chi connectivity index (χ0) is 19.8. The van der Waals surface area contributed by atoms with Gasteiger partial charge in [-0.3, -0.25) is 0 Å². The molecule has 0 aromatic heterocycles. The highest BCUT2D eigenvalue weighted by atomic mass is 16.7. The van der Waals surface area contributed by atoms with Crippen LogP contribution >= 0.6 is 0 Å². The van der Waals surface area contributed by atoms with E-state index in [9.17, 15) is 0 Å². The van der Waals surface area contributed by atoms with Crippen LogP contribution in [0.5, 0.6) is 0 Å². The largest absolute Gasteiger partial charge is 0.495 e. The lowest BCUT2D eigenvalue weighted by atomic mass is 9.75. The molecular weight excluding hydrogens is 351 g/mol. The Hall–Kier alpha value is -1.40. The molecule has 150 valence electrons. The van der Waals surface area contributed by atoms with Crippen molar-refractivity contribution in [3.8, 4) is 0 Å². The van der Waals surface area contributed by atoms with Crippen LogP contribution in [0.3, 0.4) is 0 Å². The number of hydrogen-bond donors (Lipinski definition) is 0. The molecule has 1 unspecified atom stereocenters. The molecule has 2 aromatic rings. The molecule has 0 N–H and O–H groups in total. The predicted molar refractivity (Wildman–Crippen MR) is 113 cm³/mol. The third-order valence-electron chi connectivity index (χ3n) is 6.34. The third-order valence-corrected chi connectivity index (χ3v) is 6.34. The lowest BCUT2D eigenvalue weighted by Crippen LogP contribution is -2.41. The van der Waals surface area contributed by atoms with Crippen molar-refractivity contribution >= 4 is 23.4 Å². The Labute approximate surface area is 168 Å². The average molecular weight is 382 g/mol. The third kappa shape index (κ3) is 3.86. The lowest BCUT2D eigenvalue weighted by molar-refractivity contribution is -0.161. The predicted octanol–water partition coefficient (Wildman–Crippen LogP) is 4.22. The van der Waals surface area contributed by atoms with Crippen molar-refractivity contribution in [1.29, 1.82) is 0 Å². The number of fused-ring (bicyclic) bond motifs is 1. The van der Waals surface area contributed by atoms with E-state index < -0.39 is 0 Å². The van der Waals surface area contributed by atoms with Gasteiger partial charge in [0.15, 0.2) is 6.29 Å². The molecule has 0 amide bonds. The number of rotatable bonds is 5. The molecule has 1 atom stereocenters. The van der Waals surface area contributed by atoms with Crippen molar-refractivity contribution in [1.82, 2.24) is 0 Å². The van der Waals surface area contributed by atoms with Crippen LogP contribution in [0.2, 0.25) is 0 Å². The summed E-state index contributed by atoms with van der Waals surface area (Å²) in [6.07, 6.45) is 4.11. The van der Waals surface area contributed by atoms with E-state index in [2.05, 4.69) is 64.1 Å². The Morgan fingerprint density at radius 1 is 1.00 bits per heavy atom. The SMILES string of the molecule is CC1(C)OB(c2cccc3cccc(CCOC4CCCCO4)c23)OC1(C)C. The normalized spacial score (nSPS) is 24.0. The Morgan fingerprint density at radius 2 is 1.71 bits per heavy atom. The van der Waals surface area contributed by atoms with Gasteiger partial charge in [0.05, 0.1) is 17.8 Å². The maximum Gasteiger partial charge on any atom is 0.495 e. The van der Waals surface area contributed by atoms with Gasteiger partial charge in [0.1, 0.15) is 0 Å². The van der Waals surface area contributed by atoms with Crippen LogP contribution in [0.25, 0.3) is 10.8 Å². The molecule has 0 spiro atoms. The van der Waals surface area contributed by atoms with Gasteiger partial charge in [-0.25, -0.2) is 0 Å². The molecule has 0 bridgehead atoms. The van der Waals surface area contributed by atoms with Gasteiger partial charge in [0, 0.05) is 6.61 Å². The maximum atomic E-state index is 6.34. The van der Waals surface area contributed by atoms with E-state index in [1.165, 1.54) is 22.8 Å². The fraction of sp³-hybridized carbons (Fsp3) is 0.565. The van der Waals surface area contributed by atoms with Gasteiger partial charge in [-0.2, -0.15) is 0 Å². The fourth-order valence-electron chi connectivity index (χ4n) is 3.97. The maximum absolute atomic E-state index is 6.34. The zero-order valence-electron chi connectivity index (χ0n) is 17.5. The zero-order valence-corrected chi connectivity index (χ0v) is 17.5. The van der Waals surface area contributed by atoms with Crippen molar-refractivity contribution in [3.63, 3.8) is 0 Å². The second-order valence-corrected chi connectivity index (χ2v) is 8.87. The fourth-order valence-corrected chi connectivity index (χ4v) is 3.97. The summed E-state index contributed by atoms with van der Waals surface area (Å²) in [6.45, 7) is 9.84. The van der Waals surface area contributed by atoms with E-state index in [-0.39, 0.29) is 24.6 Å². The van der Waals surface area contributed by atoms with Gasteiger partial charge in [-0.1, -0.05) is 36.4 Å². The molecule has 0 aliphatic carbocycles. The van der Waals surface area contributed by atoms with Crippen molar-refractivity contribution in [2.45, 2.75) is 70.9 Å². The molecule has 4 nitrogen and oxygen atoms in total. The van der Waals surface area contributed by atoms with Gasteiger partial charge in [-0.05, 0) is 75.2 Å². The molecular formula is C23H31BO4. The Balaban J connectivity index is 1.58. The first kappa shape index (κ1) is 19.9. The summed E-state index contributed by atoms with van der Waals surface area (Å²) < 4.78 is 24.4. The highest BCUT2D eigenvalue weighted by molar-refractivity contribution is 6.65. The van der Waals surface area contributed by atoms with E-state index in [0.29, 0.717) is 6.61 Å². The first-order valence-corrected chi connectivity index (χ1v) is 10.5. The minimum atomic E-state index is -0.363. The molecule has 2 heterocycles. The Kier molecular flexibility index (Phi) is 5.54. The van der Waals surface area contributed by atoms with E-state index >= 15 is 0 Å². The molecule has 28 heavy (non-hydrogen) atoms. The summed E-state index contributed by atoms with van der Waals surface area (Å²) >= 11 is 0. The first-order valence-electron chi connectivity index (χ1n) is 10.5. The van der Waals surface area contributed by atoms with E-state index in [0.717, 1.165) is 31.3 Å². The Morgan fingerprint density at radius 3 is 2.39 bits per heavy atom. The monoisotopic (exact) mass is 382 g/mol. The second-order valence-electron chi connectivity index (χ2n) is 8.87. The summed E-state index contributed by atoms with van der Waals surface area (Å²) in [4.78, 5) is 0. The number of hydrogen-bond acceptors (Lipinski definition) is 4. The minimum Gasteiger partial charge on any atom is -0.399 e. The van der Waals surface area contributed by atoms with Gasteiger partial charge in [0.2, 0.25) is 0 Å². The molecule has 2 aromatic carbocycles.